The summed E-state index contributed by atoms with van der Waals surface area (Å²) in [5.41, 5.74) is 2.87. The van der Waals surface area contributed by atoms with E-state index in [-0.39, 0.29) is 12.5 Å². The van der Waals surface area contributed by atoms with Gasteiger partial charge < -0.3 is 19.1 Å². The number of hydrogen-bond acceptors (Lipinski definition) is 4. The lowest BCUT2D eigenvalue weighted by Gasteiger charge is -2.17. The fourth-order valence-electron chi connectivity index (χ4n) is 3.97. The van der Waals surface area contributed by atoms with Crippen LogP contribution in [0.5, 0.6) is 11.5 Å². The number of ether oxygens (including phenoxy) is 2. The number of nitrogens with zero attached hydrogens (tertiary/aromatic N) is 2. The van der Waals surface area contributed by atoms with Crippen LogP contribution in [-0.4, -0.2) is 33.3 Å². The summed E-state index contributed by atoms with van der Waals surface area (Å²) in [5, 5.41) is 9.56. The van der Waals surface area contributed by atoms with Gasteiger partial charge in [0.2, 0.25) is 0 Å². The minimum Gasteiger partial charge on any atom is -0.494 e. The highest BCUT2D eigenvalue weighted by Gasteiger charge is 2.14. The van der Waals surface area contributed by atoms with Crippen LogP contribution in [0.2, 0.25) is 5.02 Å². The number of unbranched alkanes of at least 4 members (excludes halogenated alkanes) is 2. The van der Waals surface area contributed by atoms with Crippen molar-refractivity contribution in [3.05, 3.63) is 52.8 Å². The number of aryl methyl sites for hydroxylation is 1. The molecule has 0 radical (unpaired) electrons. The Hall–Kier alpha value is -2.73. The molecule has 0 saturated heterocycles. The van der Waals surface area contributed by atoms with Crippen LogP contribution < -0.4 is 9.47 Å². The van der Waals surface area contributed by atoms with Gasteiger partial charge in [-0.1, -0.05) is 44.4 Å². The van der Waals surface area contributed by atoms with Crippen molar-refractivity contribution >= 4 is 28.6 Å². The molecule has 1 unspecified atom stereocenters. The van der Waals surface area contributed by atoms with Gasteiger partial charge in [0.05, 0.1) is 30.3 Å². The first-order valence-corrected chi connectivity index (χ1v) is 12.6. The zero-order chi connectivity index (χ0) is 24.5. The van der Waals surface area contributed by atoms with E-state index in [0.29, 0.717) is 31.0 Å². The van der Waals surface area contributed by atoms with E-state index in [1.165, 1.54) is 0 Å². The van der Waals surface area contributed by atoms with E-state index in [1.54, 1.807) is 0 Å². The van der Waals surface area contributed by atoms with E-state index >= 15 is 0 Å². The predicted molar refractivity (Wildman–Crippen MR) is 136 cm³/mol. The molecular weight excluding hydrogens is 452 g/mol. The van der Waals surface area contributed by atoms with Crippen molar-refractivity contribution < 1.29 is 19.4 Å². The van der Waals surface area contributed by atoms with Gasteiger partial charge in [-0.2, -0.15) is 0 Å². The molecule has 0 aliphatic heterocycles. The summed E-state index contributed by atoms with van der Waals surface area (Å²) < 4.78 is 14.1. The Morgan fingerprint density at radius 2 is 1.91 bits per heavy atom. The third-order valence-electron chi connectivity index (χ3n) is 5.95. The maximum absolute atomic E-state index is 10.8. The smallest absolute Gasteiger partial charge is 0.303 e. The Balaban J connectivity index is 1.74. The summed E-state index contributed by atoms with van der Waals surface area (Å²) in [4.78, 5) is 15.5. The maximum Gasteiger partial charge on any atom is 0.303 e. The highest BCUT2D eigenvalue weighted by atomic mass is 35.5. The molecule has 34 heavy (non-hydrogen) atoms. The standard InChI is InChI=1S/C27H35ClN2O4/c1-4-6-7-15-33-22-12-11-20(24(28)16-22)18-30-19(3)29-25-14-13-23(17-26(25)30)34-21(5-2)9-8-10-27(31)32/h11-14,16-17,21H,4-10,15,18H2,1-3H3,(H,31,32). The molecule has 1 heterocycles. The van der Waals surface area contributed by atoms with Crippen LogP contribution in [-0.2, 0) is 11.3 Å². The van der Waals surface area contributed by atoms with E-state index in [4.69, 9.17) is 31.2 Å². The third-order valence-corrected chi connectivity index (χ3v) is 6.31. The average molecular weight is 487 g/mol. The number of carboxylic acid groups (broad SMARTS) is 1. The fraction of sp³-hybridized carbons (Fsp3) is 0.481. The second-order valence-corrected chi connectivity index (χ2v) is 9.05. The lowest BCUT2D eigenvalue weighted by atomic mass is 10.1. The largest absolute Gasteiger partial charge is 0.494 e. The summed E-state index contributed by atoms with van der Waals surface area (Å²) in [7, 11) is 0. The number of aliphatic carboxylic acids is 1. The monoisotopic (exact) mass is 486 g/mol. The molecule has 0 bridgehead atoms. The SMILES string of the molecule is CCCCCOc1ccc(Cn2c(C)nc3ccc(OC(CC)CCCC(=O)O)cc32)c(Cl)c1. The first-order chi connectivity index (χ1) is 16.4. The van der Waals surface area contributed by atoms with Crippen molar-refractivity contribution in [3.8, 4) is 11.5 Å². The lowest BCUT2D eigenvalue weighted by molar-refractivity contribution is -0.137. The van der Waals surface area contributed by atoms with Gasteiger partial charge in [0, 0.05) is 17.5 Å². The number of rotatable bonds is 14. The molecule has 7 heteroatoms. The number of carbonyl (C=O) groups is 1. The molecule has 0 aliphatic rings. The molecule has 3 rings (SSSR count). The van der Waals surface area contributed by atoms with Crippen molar-refractivity contribution in [2.45, 2.75) is 78.4 Å². The zero-order valence-electron chi connectivity index (χ0n) is 20.3. The molecule has 1 atom stereocenters. The van der Waals surface area contributed by atoms with Crippen LogP contribution in [0.4, 0.5) is 0 Å². The molecule has 0 saturated carbocycles. The second-order valence-electron chi connectivity index (χ2n) is 8.64. The summed E-state index contributed by atoms with van der Waals surface area (Å²) in [6.07, 6.45) is 5.63. The molecular formula is C27H35ClN2O4. The highest BCUT2D eigenvalue weighted by Crippen LogP contribution is 2.28. The average Bonchev–Trinajstić information content (AvgIpc) is 3.11. The highest BCUT2D eigenvalue weighted by molar-refractivity contribution is 6.31. The van der Waals surface area contributed by atoms with Gasteiger partial charge in [-0.3, -0.25) is 4.79 Å². The van der Waals surface area contributed by atoms with Crippen molar-refractivity contribution in [1.29, 1.82) is 0 Å². The molecule has 3 aromatic rings. The van der Waals surface area contributed by atoms with E-state index < -0.39 is 5.97 Å². The Morgan fingerprint density at radius 1 is 1.12 bits per heavy atom. The lowest BCUT2D eigenvalue weighted by Crippen LogP contribution is -2.15. The molecule has 0 aliphatic carbocycles. The number of aromatic nitrogens is 2. The Morgan fingerprint density at radius 3 is 2.62 bits per heavy atom. The molecule has 0 fully saturated rings. The van der Waals surface area contributed by atoms with Crippen LogP contribution >= 0.6 is 11.6 Å². The Bertz CT molecular complexity index is 1100. The van der Waals surface area contributed by atoms with E-state index in [0.717, 1.165) is 59.6 Å². The molecule has 0 spiro atoms. The van der Waals surface area contributed by atoms with Crippen LogP contribution in [0.15, 0.2) is 36.4 Å². The Labute approximate surface area is 206 Å². The number of halogens is 1. The number of imidazole rings is 1. The summed E-state index contributed by atoms with van der Waals surface area (Å²) in [5.74, 6) is 1.68. The van der Waals surface area contributed by atoms with Gasteiger partial charge in [0.1, 0.15) is 17.3 Å². The van der Waals surface area contributed by atoms with E-state index in [1.807, 2.05) is 43.3 Å². The quantitative estimate of drug-likeness (QED) is 0.247. The van der Waals surface area contributed by atoms with Crippen molar-refractivity contribution in [3.63, 3.8) is 0 Å². The molecule has 2 aromatic carbocycles. The summed E-state index contributed by atoms with van der Waals surface area (Å²) >= 11 is 6.60. The van der Waals surface area contributed by atoms with Gasteiger partial charge in [0.15, 0.2) is 0 Å². The molecule has 184 valence electrons. The predicted octanol–water partition coefficient (Wildman–Crippen LogP) is 7.03. The Kier molecular flexibility index (Phi) is 9.63. The molecule has 1 N–H and O–H groups in total. The maximum atomic E-state index is 10.8. The fourth-order valence-corrected chi connectivity index (χ4v) is 4.20. The normalized spacial score (nSPS) is 12.1. The molecule has 1 aromatic heterocycles. The van der Waals surface area contributed by atoms with Crippen molar-refractivity contribution in [1.82, 2.24) is 9.55 Å². The van der Waals surface area contributed by atoms with E-state index in [2.05, 4.69) is 18.4 Å². The summed E-state index contributed by atoms with van der Waals surface area (Å²) in [6.45, 7) is 7.51. The van der Waals surface area contributed by atoms with Crippen LogP contribution in [0.3, 0.4) is 0 Å². The minimum atomic E-state index is -0.773. The second kappa shape index (κ2) is 12.7. The number of carboxylic acids is 1. The van der Waals surface area contributed by atoms with Gasteiger partial charge >= 0.3 is 5.97 Å². The van der Waals surface area contributed by atoms with Gasteiger partial charge in [-0.15, -0.1) is 0 Å². The molecule has 6 nitrogen and oxygen atoms in total. The first kappa shape index (κ1) is 25.9. The van der Waals surface area contributed by atoms with Crippen molar-refractivity contribution in [2.24, 2.45) is 0 Å². The van der Waals surface area contributed by atoms with Gasteiger partial charge in [0.25, 0.3) is 0 Å². The number of benzene rings is 2. The van der Waals surface area contributed by atoms with Crippen molar-refractivity contribution in [2.75, 3.05) is 6.61 Å². The van der Waals surface area contributed by atoms with Crippen LogP contribution in [0.1, 0.15) is 70.2 Å². The zero-order valence-corrected chi connectivity index (χ0v) is 21.1. The number of fused-ring (bicyclic) bond motifs is 1. The summed E-state index contributed by atoms with van der Waals surface area (Å²) in [6, 6.07) is 11.8. The topological polar surface area (TPSA) is 73.6 Å². The van der Waals surface area contributed by atoms with Crippen LogP contribution in [0.25, 0.3) is 11.0 Å². The number of hydrogen-bond donors (Lipinski definition) is 1. The van der Waals surface area contributed by atoms with Gasteiger partial charge in [-0.25, -0.2) is 4.98 Å². The molecule has 0 amide bonds. The minimum absolute atomic E-state index is 0.0198. The van der Waals surface area contributed by atoms with Gasteiger partial charge in [-0.05, 0) is 62.4 Å². The van der Waals surface area contributed by atoms with Crippen LogP contribution in [0, 0.1) is 6.92 Å². The first-order valence-electron chi connectivity index (χ1n) is 12.2. The van der Waals surface area contributed by atoms with E-state index in [9.17, 15) is 4.79 Å². The third kappa shape index (κ3) is 7.13.